The van der Waals surface area contributed by atoms with Gasteiger partial charge in [0.1, 0.15) is 5.82 Å². The number of pyridine rings is 1. The summed E-state index contributed by atoms with van der Waals surface area (Å²) in [6, 6.07) is 4.39. The molecule has 0 bridgehead atoms. The van der Waals surface area contributed by atoms with Crippen LogP contribution in [0.2, 0.25) is 0 Å². The lowest BCUT2D eigenvalue weighted by Crippen LogP contribution is -2.14. The summed E-state index contributed by atoms with van der Waals surface area (Å²) in [5.74, 6) is 1.10. The third-order valence-electron chi connectivity index (χ3n) is 3.53. The molecular formula is C15H20N4. The van der Waals surface area contributed by atoms with Crippen LogP contribution in [0, 0.1) is 6.92 Å². The second-order valence-electron chi connectivity index (χ2n) is 5.22. The van der Waals surface area contributed by atoms with Crippen LogP contribution in [0.4, 0.5) is 5.82 Å². The Kier molecular flexibility index (Phi) is 3.49. The summed E-state index contributed by atoms with van der Waals surface area (Å²) < 4.78 is 2.01. The summed E-state index contributed by atoms with van der Waals surface area (Å²) in [7, 11) is 0. The molecule has 1 aliphatic heterocycles. The van der Waals surface area contributed by atoms with Gasteiger partial charge >= 0.3 is 0 Å². The first kappa shape index (κ1) is 12.2. The van der Waals surface area contributed by atoms with Crippen molar-refractivity contribution in [3.63, 3.8) is 0 Å². The molecule has 3 rings (SSSR count). The van der Waals surface area contributed by atoms with Gasteiger partial charge in [0.2, 0.25) is 0 Å². The van der Waals surface area contributed by atoms with E-state index in [2.05, 4.69) is 35.7 Å². The lowest BCUT2D eigenvalue weighted by atomic mass is 10.1. The second kappa shape index (κ2) is 5.43. The van der Waals surface area contributed by atoms with Crippen molar-refractivity contribution in [1.29, 1.82) is 0 Å². The van der Waals surface area contributed by atoms with Crippen LogP contribution in [0.1, 0.15) is 29.7 Å². The molecule has 0 spiro atoms. The molecule has 100 valence electrons. The van der Waals surface area contributed by atoms with Crippen molar-refractivity contribution < 1.29 is 0 Å². The maximum Gasteiger partial charge on any atom is 0.129 e. The van der Waals surface area contributed by atoms with Gasteiger partial charge in [0, 0.05) is 25.0 Å². The highest BCUT2D eigenvalue weighted by atomic mass is 15.3. The smallest absolute Gasteiger partial charge is 0.129 e. The molecule has 0 saturated heterocycles. The highest BCUT2D eigenvalue weighted by Gasteiger charge is 2.09. The van der Waals surface area contributed by atoms with E-state index in [0.29, 0.717) is 0 Å². The number of aryl methyl sites for hydroxylation is 4. The Morgan fingerprint density at radius 1 is 1.37 bits per heavy atom. The van der Waals surface area contributed by atoms with Gasteiger partial charge in [-0.2, -0.15) is 5.10 Å². The van der Waals surface area contributed by atoms with Gasteiger partial charge in [-0.05, 0) is 49.8 Å². The number of nitrogens with one attached hydrogen (secondary N) is 1. The number of rotatable bonds is 4. The lowest BCUT2D eigenvalue weighted by Gasteiger charge is -2.17. The number of anilines is 1. The van der Waals surface area contributed by atoms with Gasteiger partial charge in [-0.3, -0.25) is 4.68 Å². The Morgan fingerprint density at radius 2 is 2.32 bits per heavy atom. The molecule has 0 aromatic carbocycles. The fraction of sp³-hybridized carbons (Fsp3) is 0.467. The van der Waals surface area contributed by atoms with E-state index < -0.39 is 0 Å². The number of hydrogen-bond acceptors (Lipinski definition) is 3. The fourth-order valence-corrected chi connectivity index (χ4v) is 2.52. The van der Waals surface area contributed by atoms with Crippen molar-refractivity contribution in [3.05, 3.63) is 41.3 Å². The number of aromatic nitrogens is 3. The zero-order valence-electron chi connectivity index (χ0n) is 11.4. The summed E-state index contributed by atoms with van der Waals surface area (Å²) in [5, 5.41) is 7.69. The first-order chi connectivity index (χ1) is 9.31. The Balaban J connectivity index is 1.58. The van der Waals surface area contributed by atoms with Crippen LogP contribution in [0.5, 0.6) is 0 Å². The Bertz CT molecular complexity index is 559. The molecule has 4 heteroatoms. The van der Waals surface area contributed by atoms with Gasteiger partial charge in [-0.15, -0.1) is 0 Å². The number of fused-ring (bicyclic) bond motifs is 1. The summed E-state index contributed by atoms with van der Waals surface area (Å²) in [6.07, 6.45) is 8.44. The Hall–Kier alpha value is -1.84. The highest BCUT2D eigenvalue weighted by Crippen LogP contribution is 2.20. The first-order valence-electron chi connectivity index (χ1n) is 7.03. The van der Waals surface area contributed by atoms with Gasteiger partial charge in [-0.25, -0.2) is 4.98 Å². The molecule has 0 aliphatic carbocycles. The highest BCUT2D eigenvalue weighted by molar-refractivity contribution is 5.46. The van der Waals surface area contributed by atoms with E-state index in [4.69, 9.17) is 4.98 Å². The molecular weight excluding hydrogens is 236 g/mol. The van der Waals surface area contributed by atoms with Crippen molar-refractivity contribution in [2.75, 3.05) is 11.9 Å². The SMILES string of the molecule is Cc1cnn(CCCc2ccc3c(n2)NCCC3)c1. The van der Waals surface area contributed by atoms with Crippen LogP contribution in [-0.4, -0.2) is 21.3 Å². The fourth-order valence-electron chi connectivity index (χ4n) is 2.52. The first-order valence-corrected chi connectivity index (χ1v) is 7.03. The molecule has 0 saturated carbocycles. The molecule has 0 atom stereocenters. The Morgan fingerprint density at radius 3 is 3.16 bits per heavy atom. The molecule has 4 nitrogen and oxygen atoms in total. The zero-order chi connectivity index (χ0) is 13.1. The van der Waals surface area contributed by atoms with E-state index >= 15 is 0 Å². The van der Waals surface area contributed by atoms with Crippen LogP contribution in [-0.2, 0) is 19.4 Å². The van der Waals surface area contributed by atoms with Crippen molar-refractivity contribution in [3.8, 4) is 0 Å². The van der Waals surface area contributed by atoms with Crippen LogP contribution in [0.25, 0.3) is 0 Å². The molecule has 2 aromatic heterocycles. The van der Waals surface area contributed by atoms with E-state index in [1.165, 1.54) is 23.2 Å². The van der Waals surface area contributed by atoms with Crippen LogP contribution in [0.15, 0.2) is 24.5 Å². The molecule has 0 unspecified atom stereocenters. The van der Waals surface area contributed by atoms with Gasteiger partial charge in [0.05, 0.1) is 6.20 Å². The normalized spacial score (nSPS) is 13.9. The largest absolute Gasteiger partial charge is 0.370 e. The predicted octanol–water partition coefficient (Wildman–Crippen LogP) is 2.58. The molecule has 3 heterocycles. The van der Waals surface area contributed by atoms with E-state index in [1.807, 2.05) is 10.9 Å². The molecule has 1 aliphatic rings. The summed E-state index contributed by atoms with van der Waals surface area (Å²) >= 11 is 0. The number of nitrogens with zero attached hydrogens (tertiary/aromatic N) is 3. The van der Waals surface area contributed by atoms with Gasteiger partial charge < -0.3 is 5.32 Å². The van der Waals surface area contributed by atoms with Crippen molar-refractivity contribution in [1.82, 2.24) is 14.8 Å². The monoisotopic (exact) mass is 256 g/mol. The quantitative estimate of drug-likeness (QED) is 0.914. The molecule has 0 radical (unpaired) electrons. The minimum atomic E-state index is 0.958. The number of hydrogen-bond donors (Lipinski definition) is 1. The maximum atomic E-state index is 4.71. The Labute approximate surface area is 113 Å². The summed E-state index contributed by atoms with van der Waals surface area (Å²) in [6.45, 7) is 4.08. The molecule has 1 N–H and O–H groups in total. The topological polar surface area (TPSA) is 42.7 Å². The van der Waals surface area contributed by atoms with Crippen LogP contribution in [0.3, 0.4) is 0 Å². The van der Waals surface area contributed by atoms with Gasteiger partial charge in [0.15, 0.2) is 0 Å². The van der Waals surface area contributed by atoms with E-state index in [0.717, 1.165) is 38.2 Å². The summed E-state index contributed by atoms with van der Waals surface area (Å²) in [4.78, 5) is 4.71. The third-order valence-corrected chi connectivity index (χ3v) is 3.53. The van der Waals surface area contributed by atoms with E-state index in [-0.39, 0.29) is 0 Å². The second-order valence-corrected chi connectivity index (χ2v) is 5.22. The molecule has 0 amide bonds. The van der Waals surface area contributed by atoms with Crippen molar-refractivity contribution >= 4 is 5.82 Å². The van der Waals surface area contributed by atoms with Crippen molar-refractivity contribution in [2.45, 2.75) is 39.2 Å². The predicted molar refractivity (Wildman–Crippen MR) is 76.3 cm³/mol. The third kappa shape index (κ3) is 2.95. The minimum absolute atomic E-state index is 0.958. The van der Waals surface area contributed by atoms with E-state index in [1.54, 1.807) is 0 Å². The minimum Gasteiger partial charge on any atom is -0.370 e. The standard InChI is InChI=1S/C15H20N4/c1-12-10-17-19(11-12)9-3-5-14-7-6-13-4-2-8-16-15(13)18-14/h6-7,10-11H,2-5,8-9H2,1H3,(H,16,18). The van der Waals surface area contributed by atoms with Crippen LogP contribution < -0.4 is 5.32 Å². The molecule has 19 heavy (non-hydrogen) atoms. The average Bonchev–Trinajstić information content (AvgIpc) is 2.84. The molecule has 2 aromatic rings. The maximum absolute atomic E-state index is 4.71. The van der Waals surface area contributed by atoms with Gasteiger partial charge in [0.25, 0.3) is 0 Å². The zero-order valence-corrected chi connectivity index (χ0v) is 11.4. The lowest BCUT2D eigenvalue weighted by molar-refractivity contribution is 0.575. The molecule has 0 fully saturated rings. The van der Waals surface area contributed by atoms with Crippen LogP contribution >= 0.6 is 0 Å². The average molecular weight is 256 g/mol. The summed E-state index contributed by atoms with van der Waals surface area (Å²) in [5.41, 5.74) is 3.76. The van der Waals surface area contributed by atoms with Crippen molar-refractivity contribution in [2.24, 2.45) is 0 Å². The van der Waals surface area contributed by atoms with E-state index in [9.17, 15) is 0 Å². The van der Waals surface area contributed by atoms with Gasteiger partial charge in [-0.1, -0.05) is 6.07 Å².